The molecule has 0 saturated heterocycles. The predicted octanol–water partition coefficient (Wildman–Crippen LogP) is 21.3. The molecule has 6 nitrogen and oxygen atoms in total. The van der Waals surface area contributed by atoms with E-state index in [2.05, 4.69) is 286 Å². The summed E-state index contributed by atoms with van der Waals surface area (Å²) in [4.78, 5) is 27.9. The van der Waals surface area contributed by atoms with Crippen LogP contribution in [0.25, 0.3) is 164 Å². The number of fused-ring (bicyclic) bond motifs is 14. The maximum Gasteiger partial charge on any atom is 0.0796 e. The molecule has 0 spiro atoms. The topological polar surface area (TPSA) is 77.3 Å². The average molecular weight is 1120 g/mol. The molecule has 18 rings (SSSR count). The van der Waals surface area contributed by atoms with E-state index in [1.54, 1.807) is 0 Å². The molecule has 6 heterocycles. The van der Waals surface area contributed by atoms with Gasteiger partial charge in [-0.05, 0) is 149 Å². The molecule has 0 unspecified atom stereocenters. The molecule has 410 valence electrons. The van der Waals surface area contributed by atoms with Gasteiger partial charge in [-0.3, -0.25) is 29.9 Å². The van der Waals surface area contributed by atoms with Gasteiger partial charge in [-0.25, -0.2) is 0 Å². The van der Waals surface area contributed by atoms with E-state index in [1.165, 1.54) is 70.9 Å². The van der Waals surface area contributed by atoms with Gasteiger partial charge in [-0.1, -0.05) is 212 Å². The van der Waals surface area contributed by atoms with E-state index in [1.807, 2.05) is 55.4 Å². The molecule has 18 aromatic rings. The SMILES string of the molecule is c1ccc2c(-c3ccc(-c4cnc5ccc6cccnc6c5c4)cc3)cccc2c1.c1ccc2c(c1)cc(-c1cnc3ccc4cccnc4c3c1)c1ccccc12.c1ccc2cc(-c3ccc(-c4cnc5ccc6cccnc6c5c4)cc3)ccc2c1. The van der Waals surface area contributed by atoms with Crippen molar-refractivity contribution in [2.24, 2.45) is 0 Å². The van der Waals surface area contributed by atoms with Gasteiger partial charge in [0.2, 0.25) is 0 Å². The first kappa shape index (κ1) is 51.8. The summed E-state index contributed by atoms with van der Waals surface area (Å²) in [5.74, 6) is 0. The molecule has 12 aromatic carbocycles. The standard InChI is InChI=1S/2C28H18N2.C26H16N2/c1-2-8-24-20(5-1)6-3-9-25(24)21-12-10-19(11-13-21)23-17-26-27(30-18-23)15-14-22-7-4-16-29-28(22)26;1-2-5-23-16-24(12-11-19(23)4-1)20-7-9-21(10-8-20)25-17-26-27(30-18-25)14-13-22-6-3-15-29-28(22)26;1-2-8-20-18(6-1)14-23(22-10-4-3-9-21(20)22)19-15-24-25(28-16-19)12-11-17-7-5-13-27-26(17)24/h2*1-18H;1-16H. The van der Waals surface area contributed by atoms with Crippen LogP contribution in [0.1, 0.15) is 0 Å². The zero-order valence-corrected chi connectivity index (χ0v) is 47.7. The van der Waals surface area contributed by atoms with E-state index >= 15 is 0 Å². The summed E-state index contributed by atoms with van der Waals surface area (Å²) in [7, 11) is 0. The fourth-order valence-electron chi connectivity index (χ4n) is 12.5. The lowest BCUT2D eigenvalue weighted by Gasteiger charge is -2.12. The van der Waals surface area contributed by atoms with Crippen molar-refractivity contribution in [3.05, 3.63) is 316 Å². The lowest BCUT2D eigenvalue weighted by atomic mass is 9.93. The number of rotatable bonds is 5. The van der Waals surface area contributed by atoms with Crippen molar-refractivity contribution in [1.82, 2.24) is 29.9 Å². The molecule has 88 heavy (non-hydrogen) atoms. The fourth-order valence-corrected chi connectivity index (χ4v) is 12.5. The van der Waals surface area contributed by atoms with Crippen LogP contribution in [0.15, 0.2) is 316 Å². The van der Waals surface area contributed by atoms with Crippen LogP contribution in [0.3, 0.4) is 0 Å². The predicted molar refractivity (Wildman–Crippen MR) is 368 cm³/mol. The zero-order valence-electron chi connectivity index (χ0n) is 47.7. The van der Waals surface area contributed by atoms with Crippen molar-refractivity contribution in [2.45, 2.75) is 0 Å². The summed E-state index contributed by atoms with van der Waals surface area (Å²) >= 11 is 0. The van der Waals surface area contributed by atoms with Crippen LogP contribution in [0.4, 0.5) is 0 Å². The molecule has 0 saturated carbocycles. The quantitative estimate of drug-likeness (QED) is 0.160. The maximum absolute atomic E-state index is 4.75. The van der Waals surface area contributed by atoms with Crippen LogP contribution in [-0.4, -0.2) is 29.9 Å². The molecule has 6 aromatic heterocycles. The van der Waals surface area contributed by atoms with Gasteiger partial charge in [0.15, 0.2) is 0 Å². The molecule has 0 N–H and O–H groups in total. The van der Waals surface area contributed by atoms with Gasteiger partial charge >= 0.3 is 0 Å². The third kappa shape index (κ3) is 9.71. The molecule has 0 amide bonds. The van der Waals surface area contributed by atoms with Crippen LogP contribution in [0.5, 0.6) is 0 Å². The molecule has 0 bridgehead atoms. The van der Waals surface area contributed by atoms with Crippen molar-refractivity contribution in [1.29, 1.82) is 0 Å². The molecule has 0 aliphatic rings. The van der Waals surface area contributed by atoms with Crippen LogP contribution >= 0.6 is 0 Å². The molecule has 0 aliphatic heterocycles. The Morgan fingerprint density at radius 1 is 0.170 bits per heavy atom. The second kappa shape index (κ2) is 22.3. The minimum absolute atomic E-state index is 0.970. The second-order valence-electron chi connectivity index (χ2n) is 22.2. The zero-order chi connectivity index (χ0) is 58.3. The van der Waals surface area contributed by atoms with Crippen molar-refractivity contribution in [3.63, 3.8) is 0 Å². The van der Waals surface area contributed by atoms with Gasteiger partial charge in [0.25, 0.3) is 0 Å². The third-order valence-corrected chi connectivity index (χ3v) is 17.0. The Labute approximate surface area is 507 Å². The van der Waals surface area contributed by atoms with Crippen LogP contribution < -0.4 is 0 Å². The number of hydrogen-bond acceptors (Lipinski definition) is 6. The van der Waals surface area contributed by atoms with Gasteiger partial charge < -0.3 is 0 Å². The summed E-state index contributed by atoms with van der Waals surface area (Å²) in [5.41, 5.74) is 17.7. The monoisotopic (exact) mass is 1120 g/mol. The Morgan fingerprint density at radius 2 is 0.568 bits per heavy atom. The lowest BCUT2D eigenvalue weighted by molar-refractivity contribution is 1.39. The summed E-state index contributed by atoms with van der Waals surface area (Å²) in [6.45, 7) is 0. The Hall–Kier alpha value is -11.9. The van der Waals surface area contributed by atoms with E-state index in [9.17, 15) is 0 Å². The van der Waals surface area contributed by atoms with Gasteiger partial charge in [0.05, 0.1) is 33.1 Å². The van der Waals surface area contributed by atoms with E-state index in [4.69, 9.17) is 4.98 Å². The largest absolute Gasteiger partial charge is 0.256 e. The minimum atomic E-state index is 0.970. The number of benzene rings is 12. The van der Waals surface area contributed by atoms with E-state index in [0.717, 1.165) is 93.2 Å². The summed E-state index contributed by atoms with van der Waals surface area (Å²) < 4.78 is 0. The van der Waals surface area contributed by atoms with E-state index in [-0.39, 0.29) is 0 Å². The first-order valence-electron chi connectivity index (χ1n) is 29.6. The summed E-state index contributed by atoms with van der Waals surface area (Å²) in [6.07, 6.45) is 11.4. The molecule has 0 radical (unpaired) electrons. The smallest absolute Gasteiger partial charge is 0.0796 e. The van der Waals surface area contributed by atoms with Crippen LogP contribution in [0, 0.1) is 0 Å². The normalized spacial score (nSPS) is 11.4. The van der Waals surface area contributed by atoms with E-state index < -0.39 is 0 Å². The van der Waals surface area contributed by atoms with Crippen LogP contribution in [0.2, 0.25) is 0 Å². The van der Waals surface area contributed by atoms with Crippen molar-refractivity contribution < 1.29 is 0 Å². The number of pyridine rings is 6. The molecular weight excluding hydrogens is 1070 g/mol. The highest BCUT2D eigenvalue weighted by atomic mass is 14.7. The van der Waals surface area contributed by atoms with Crippen molar-refractivity contribution >= 4 is 109 Å². The molecule has 0 atom stereocenters. The molecule has 6 heteroatoms. The van der Waals surface area contributed by atoms with Gasteiger partial charge in [-0.2, -0.15) is 0 Å². The first-order chi connectivity index (χ1) is 43.6. The van der Waals surface area contributed by atoms with Crippen LogP contribution in [-0.2, 0) is 0 Å². The van der Waals surface area contributed by atoms with Gasteiger partial charge in [0, 0.05) is 86.2 Å². The van der Waals surface area contributed by atoms with Crippen molar-refractivity contribution in [2.75, 3.05) is 0 Å². The number of aromatic nitrogens is 6. The van der Waals surface area contributed by atoms with Gasteiger partial charge in [-0.15, -0.1) is 0 Å². The third-order valence-electron chi connectivity index (χ3n) is 17.0. The minimum Gasteiger partial charge on any atom is -0.256 e. The highest BCUT2D eigenvalue weighted by Gasteiger charge is 2.13. The number of hydrogen-bond donors (Lipinski definition) is 0. The average Bonchev–Trinajstić information content (AvgIpc) is 1.47. The first-order valence-corrected chi connectivity index (χ1v) is 29.6. The van der Waals surface area contributed by atoms with E-state index in [0.29, 0.717) is 0 Å². The highest BCUT2D eigenvalue weighted by molar-refractivity contribution is 6.15. The Balaban J connectivity index is 0.000000106. The number of nitrogens with zero attached hydrogens (tertiary/aromatic N) is 6. The maximum atomic E-state index is 4.75. The summed E-state index contributed by atoms with van der Waals surface area (Å²) in [6, 6.07) is 98.3. The van der Waals surface area contributed by atoms with Crippen molar-refractivity contribution in [3.8, 4) is 55.6 Å². The molecule has 0 fully saturated rings. The Bertz CT molecular complexity index is 5690. The lowest BCUT2D eigenvalue weighted by Crippen LogP contribution is -1.88. The Kier molecular flexibility index (Phi) is 13.1. The highest BCUT2D eigenvalue weighted by Crippen LogP contribution is 2.38. The second-order valence-corrected chi connectivity index (χ2v) is 22.2. The fraction of sp³-hybridized carbons (Fsp3) is 0. The molecular formula is C82H52N6. The molecule has 0 aliphatic carbocycles. The van der Waals surface area contributed by atoms with Gasteiger partial charge in [0.1, 0.15) is 0 Å². The Morgan fingerprint density at radius 3 is 1.14 bits per heavy atom. The summed E-state index contributed by atoms with van der Waals surface area (Å²) in [5, 5.41) is 16.8.